The lowest BCUT2D eigenvalue weighted by molar-refractivity contribution is -0.385. The molecule has 19 heavy (non-hydrogen) atoms. The topological polar surface area (TPSA) is 69.2 Å². The first-order valence-electron chi connectivity index (χ1n) is 6.33. The summed E-state index contributed by atoms with van der Waals surface area (Å²) >= 11 is 0. The smallest absolute Gasteiger partial charge is 0.339 e. The molecule has 0 fully saturated rings. The normalized spacial score (nSPS) is 10.6. The first kappa shape index (κ1) is 13.3. The highest BCUT2D eigenvalue weighted by Gasteiger charge is 2.27. The fraction of sp³-hybridized carbons (Fsp3) is 0.357. The Labute approximate surface area is 111 Å². The van der Waals surface area contributed by atoms with Gasteiger partial charge in [0.1, 0.15) is 0 Å². The van der Waals surface area contributed by atoms with Gasteiger partial charge in [-0.15, -0.1) is 0 Å². The molecule has 0 aliphatic rings. The number of aryl methyl sites for hydroxylation is 2. The van der Waals surface area contributed by atoms with Crippen molar-refractivity contribution in [3.05, 3.63) is 45.7 Å². The largest absolute Gasteiger partial charge is 0.353 e. The summed E-state index contributed by atoms with van der Waals surface area (Å²) in [6, 6.07) is 7.45. The highest BCUT2D eigenvalue weighted by Crippen LogP contribution is 2.33. The number of hydrogen-bond acceptors (Lipinski definition) is 4. The van der Waals surface area contributed by atoms with Gasteiger partial charge in [0.25, 0.3) is 0 Å². The molecule has 1 aromatic heterocycles. The fourth-order valence-corrected chi connectivity index (χ4v) is 1.91. The van der Waals surface area contributed by atoms with Gasteiger partial charge in [0, 0.05) is 12.0 Å². The van der Waals surface area contributed by atoms with E-state index in [1.807, 2.05) is 38.1 Å². The van der Waals surface area contributed by atoms with Crippen molar-refractivity contribution in [2.45, 2.75) is 33.1 Å². The van der Waals surface area contributed by atoms with E-state index in [4.69, 9.17) is 4.52 Å². The summed E-state index contributed by atoms with van der Waals surface area (Å²) in [5.41, 5.74) is 2.12. The van der Waals surface area contributed by atoms with Gasteiger partial charge in [-0.2, -0.15) is 0 Å². The van der Waals surface area contributed by atoms with Gasteiger partial charge in [0.2, 0.25) is 5.76 Å². The molecule has 5 heteroatoms. The van der Waals surface area contributed by atoms with E-state index >= 15 is 0 Å². The fourth-order valence-electron chi connectivity index (χ4n) is 1.91. The van der Waals surface area contributed by atoms with Gasteiger partial charge in [-0.1, -0.05) is 48.3 Å². The van der Waals surface area contributed by atoms with Crippen molar-refractivity contribution in [2.75, 3.05) is 0 Å². The minimum absolute atomic E-state index is 0.00250. The first-order chi connectivity index (χ1) is 9.13. The monoisotopic (exact) mass is 260 g/mol. The van der Waals surface area contributed by atoms with Crippen LogP contribution in [0.15, 0.2) is 28.8 Å². The van der Waals surface area contributed by atoms with Gasteiger partial charge in [-0.3, -0.25) is 10.1 Å². The molecule has 0 radical (unpaired) electrons. The Morgan fingerprint density at radius 3 is 2.58 bits per heavy atom. The van der Waals surface area contributed by atoms with Gasteiger partial charge in [-0.25, -0.2) is 0 Å². The third-order valence-electron chi connectivity index (χ3n) is 3.00. The Kier molecular flexibility index (Phi) is 3.94. The molecule has 5 nitrogen and oxygen atoms in total. The Morgan fingerprint density at radius 2 is 2.00 bits per heavy atom. The average Bonchev–Trinajstić information content (AvgIpc) is 2.81. The van der Waals surface area contributed by atoms with Gasteiger partial charge in [0.15, 0.2) is 5.69 Å². The van der Waals surface area contributed by atoms with Crippen LogP contribution in [0.1, 0.15) is 31.1 Å². The van der Waals surface area contributed by atoms with Crippen LogP contribution >= 0.6 is 0 Å². The predicted octanol–water partition coefficient (Wildman–Crippen LogP) is 3.90. The van der Waals surface area contributed by atoms with E-state index in [1.165, 1.54) is 0 Å². The summed E-state index contributed by atoms with van der Waals surface area (Å²) in [5.74, 6) is 0.363. The second-order valence-electron chi connectivity index (χ2n) is 4.53. The summed E-state index contributed by atoms with van der Waals surface area (Å²) in [5, 5.41) is 15.1. The molecule has 0 amide bonds. The van der Waals surface area contributed by atoms with Gasteiger partial charge in [0.05, 0.1) is 4.92 Å². The van der Waals surface area contributed by atoms with Crippen molar-refractivity contribution >= 4 is 5.69 Å². The molecule has 0 N–H and O–H groups in total. The van der Waals surface area contributed by atoms with E-state index in [1.54, 1.807) is 0 Å². The van der Waals surface area contributed by atoms with Crippen molar-refractivity contribution in [1.82, 2.24) is 5.16 Å². The van der Waals surface area contributed by atoms with Crippen LogP contribution in [-0.2, 0) is 6.42 Å². The summed E-state index contributed by atoms with van der Waals surface area (Å²) in [6.07, 6.45) is 2.35. The van der Waals surface area contributed by atoms with Crippen molar-refractivity contribution < 1.29 is 9.45 Å². The maximum Gasteiger partial charge on any atom is 0.339 e. The number of benzene rings is 1. The van der Waals surface area contributed by atoms with Crippen LogP contribution in [0.5, 0.6) is 0 Å². The van der Waals surface area contributed by atoms with E-state index in [9.17, 15) is 10.1 Å². The molecule has 1 aromatic carbocycles. The molecule has 0 aliphatic carbocycles. The van der Waals surface area contributed by atoms with E-state index in [-0.39, 0.29) is 5.69 Å². The number of aromatic nitrogens is 1. The van der Waals surface area contributed by atoms with Crippen LogP contribution in [-0.4, -0.2) is 10.1 Å². The number of hydrogen-bond donors (Lipinski definition) is 0. The molecule has 0 saturated heterocycles. The lowest BCUT2D eigenvalue weighted by atomic mass is 10.1. The van der Waals surface area contributed by atoms with Gasteiger partial charge in [-0.05, 0) is 13.3 Å². The van der Waals surface area contributed by atoms with E-state index in [2.05, 4.69) is 5.16 Å². The van der Waals surface area contributed by atoms with Crippen LogP contribution in [0, 0.1) is 17.0 Å². The minimum atomic E-state index is -0.406. The van der Waals surface area contributed by atoms with Crippen LogP contribution < -0.4 is 0 Å². The molecule has 0 atom stereocenters. The standard InChI is InChI=1S/C14H16N2O3/c1-3-4-5-12-14(16(17)18)13(15-19-12)11-8-6-10(2)7-9-11/h6-9H,3-5H2,1-2H3. The Hall–Kier alpha value is -2.17. The van der Waals surface area contributed by atoms with Gasteiger partial charge < -0.3 is 4.52 Å². The Bertz CT molecular complexity index is 573. The van der Waals surface area contributed by atoms with Crippen molar-refractivity contribution in [1.29, 1.82) is 0 Å². The molecular weight excluding hydrogens is 244 g/mol. The number of rotatable bonds is 5. The third-order valence-corrected chi connectivity index (χ3v) is 3.00. The molecule has 0 aliphatic heterocycles. The zero-order chi connectivity index (χ0) is 13.8. The predicted molar refractivity (Wildman–Crippen MR) is 71.9 cm³/mol. The van der Waals surface area contributed by atoms with E-state index in [0.717, 1.165) is 18.4 Å². The molecular formula is C14H16N2O3. The maximum absolute atomic E-state index is 11.2. The third kappa shape index (κ3) is 2.81. The second kappa shape index (κ2) is 5.65. The molecule has 1 heterocycles. The second-order valence-corrected chi connectivity index (χ2v) is 4.53. The van der Waals surface area contributed by atoms with Crippen LogP contribution in [0.2, 0.25) is 0 Å². The van der Waals surface area contributed by atoms with Crippen molar-refractivity contribution in [2.24, 2.45) is 0 Å². The molecule has 100 valence electrons. The van der Waals surface area contributed by atoms with E-state index < -0.39 is 4.92 Å². The summed E-state index contributed by atoms with van der Waals surface area (Å²) in [4.78, 5) is 10.8. The Morgan fingerprint density at radius 1 is 1.32 bits per heavy atom. The van der Waals surface area contributed by atoms with Gasteiger partial charge >= 0.3 is 5.69 Å². The lowest BCUT2D eigenvalue weighted by Gasteiger charge is -1.97. The molecule has 0 saturated carbocycles. The number of nitrogens with zero attached hydrogens (tertiary/aromatic N) is 2. The highest BCUT2D eigenvalue weighted by atomic mass is 16.6. The average molecular weight is 260 g/mol. The summed E-state index contributed by atoms with van der Waals surface area (Å²) < 4.78 is 5.15. The number of unbranched alkanes of at least 4 members (excludes halogenated alkanes) is 1. The zero-order valence-corrected chi connectivity index (χ0v) is 11.0. The SMILES string of the molecule is CCCCc1onc(-c2ccc(C)cc2)c1[N+](=O)[O-]. The van der Waals surface area contributed by atoms with Crippen molar-refractivity contribution in [3.63, 3.8) is 0 Å². The molecule has 0 spiro atoms. The summed E-state index contributed by atoms with van der Waals surface area (Å²) in [6.45, 7) is 4.00. The molecule has 2 rings (SSSR count). The lowest BCUT2D eigenvalue weighted by Crippen LogP contribution is -1.94. The quantitative estimate of drug-likeness (QED) is 0.603. The van der Waals surface area contributed by atoms with E-state index in [0.29, 0.717) is 23.4 Å². The van der Waals surface area contributed by atoms with Crippen LogP contribution in [0.3, 0.4) is 0 Å². The summed E-state index contributed by atoms with van der Waals surface area (Å²) in [7, 11) is 0. The molecule has 0 bridgehead atoms. The molecule has 0 unspecified atom stereocenters. The maximum atomic E-state index is 11.2. The number of nitro groups is 1. The zero-order valence-electron chi connectivity index (χ0n) is 11.0. The minimum Gasteiger partial charge on any atom is -0.353 e. The first-order valence-corrected chi connectivity index (χ1v) is 6.33. The van der Waals surface area contributed by atoms with Crippen LogP contribution in [0.4, 0.5) is 5.69 Å². The highest BCUT2D eigenvalue weighted by molar-refractivity contribution is 5.70. The molecule has 2 aromatic rings. The Balaban J connectivity index is 2.42. The van der Waals surface area contributed by atoms with Crippen molar-refractivity contribution in [3.8, 4) is 11.3 Å². The van der Waals surface area contributed by atoms with Crippen LogP contribution in [0.25, 0.3) is 11.3 Å².